The molecular formula is C23H21N7O2S2. The lowest BCUT2D eigenvalue weighted by molar-refractivity contribution is -0.131. The normalized spacial score (nSPS) is 13.8. The Hall–Kier alpha value is -3.67. The lowest BCUT2D eigenvalue weighted by atomic mass is 9.97. The van der Waals surface area contributed by atoms with Crippen molar-refractivity contribution in [1.29, 1.82) is 10.5 Å². The number of thioether (sulfide) groups is 1. The van der Waals surface area contributed by atoms with Crippen LogP contribution in [0.5, 0.6) is 0 Å². The highest BCUT2D eigenvalue weighted by Gasteiger charge is 2.26. The number of rotatable bonds is 6. The fourth-order valence-electron chi connectivity index (χ4n) is 3.75. The highest BCUT2D eigenvalue weighted by atomic mass is 32.2. The van der Waals surface area contributed by atoms with Crippen LogP contribution in [0.1, 0.15) is 51.2 Å². The first-order chi connectivity index (χ1) is 16.5. The number of anilines is 1. The number of imidazole rings is 1. The van der Waals surface area contributed by atoms with Gasteiger partial charge in [0.15, 0.2) is 11.4 Å². The summed E-state index contributed by atoms with van der Waals surface area (Å²) in [5.41, 5.74) is 1.19. The molecule has 1 aromatic carbocycles. The molecule has 1 fully saturated rings. The van der Waals surface area contributed by atoms with Gasteiger partial charge in [-0.3, -0.25) is 14.9 Å². The zero-order valence-electron chi connectivity index (χ0n) is 18.4. The van der Waals surface area contributed by atoms with E-state index in [0.717, 1.165) is 23.4 Å². The second kappa shape index (κ2) is 10.5. The Balaban J connectivity index is 1.31. The van der Waals surface area contributed by atoms with Gasteiger partial charge in [0.25, 0.3) is 5.91 Å². The van der Waals surface area contributed by atoms with E-state index in [9.17, 15) is 9.59 Å². The minimum atomic E-state index is -0.467. The van der Waals surface area contributed by atoms with Gasteiger partial charge in [0.2, 0.25) is 11.9 Å². The largest absolute Gasteiger partial charge is 0.342 e. The number of benzene rings is 1. The van der Waals surface area contributed by atoms with Crippen molar-refractivity contribution in [3.05, 3.63) is 57.3 Å². The Bertz CT molecular complexity index is 1240. The minimum Gasteiger partial charge on any atom is -0.342 e. The van der Waals surface area contributed by atoms with Crippen LogP contribution in [0.3, 0.4) is 0 Å². The van der Waals surface area contributed by atoms with Crippen LogP contribution in [0, 0.1) is 22.7 Å². The summed E-state index contributed by atoms with van der Waals surface area (Å²) in [6.07, 6.45) is 4.01. The molecule has 2 N–H and O–H groups in total. The fourth-order valence-corrected chi connectivity index (χ4v) is 5.13. The van der Waals surface area contributed by atoms with Gasteiger partial charge in [-0.2, -0.15) is 10.5 Å². The monoisotopic (exact) mass is 491 g/mol. The molecule has 9 nitrogen and oxygen atoms in total. The maximum Gasteiger partial charge on any atom is 0.277 e. The van der Waals surface area contributed by atoms with Gasteiger partial charge in [0.05, 0.1) is 11.4 Å². The number of likely N-dealkylation sites (tertiary alicyclic amines) is 1. The predicted molar refractivity (Wildman–Crippen MR) is 129 cm³/mol. The molecule has 0 atom stereocenters. The lowest BCUT2D eigenvalue weighted by Gasteiger charge is -2.31. The van der Waals surface area contributed by atoms with E-state index >= 15 is 0 Å². The van der Waals surface area contributed by atoms with Crippen LogP contribution in [0.15, 0.2) is 34.5 Å². The number of thiazole rings is 1. The average Bonchev–Trinajstić information content (AvgIpc) is 3.52. The number of aromatic nitrogens is 3. The van der Waals surface area contributed by atoms with Crippen LogP contribution in [0.25, 0.3) is 0 Å². The van der Waals surface area contributed by atoms with Gasteiger partial charge in [-0.1, -0.05) is 12.1 Å². The van der Waals surface area contributed by atoms with Gasteiger partial charge in [0.1, 0.15) is 17.8 Å². The van der Waals surface area contributed by atoms with Gasteiger partial charge in [-0.15, -0.1) is 23.1 Å². The van der Waals surface area contributed by atoms with Crippen molar-refractivity contribution in [2.75, 3.05) is 24.7 Å². The van der Waals surface area contributed by atoms with E-state index in [2.05, 4.69) is 20.3 Å². The van der Waals surface area contributed by atoms with Crippen molar-refractivity contribution in [2.24, 2.45) is 0 Å². The SMILES string of the molecule is CSc1ccc(CC(=O)N2CCC(c3nc(C(=O)Nc4nc(C#N)c(C#N)[nH]4)cs3)CC2)cc1. The minimum absolute atomic E-state index is 0.00458. The summed E-state index contributed by atoms with van der Waals surface area (Å²) in [5, 5.41) is 23.0. The molecule has 0 spiro atoms. The van der Waals surface area contributed by atoms with Crippen LogP contribution in [0.4, 0.5) is 5.95 Å². The third kappa shape index (κ3) is 5.28. The van der Waals surface area contributed by atoms with Crippen molar-refractivity contribution in [1.82, 2.24) is 19.9 Å². The Kier molecular flexibility index (Phi) is 7.26. The lowest BCUT2D eigenvalue weighted by Crippen LogP contribution is -2.38. The standard InChI is InChI=1S/C23H21N7O2S2/c1-33-16-4-2-14(3-5-16)10-20(31)30-8-6-15(7-9-30)22-26-19(13-34-22)21(32)29-23-27-17(11-24)18(12-25)28-23/h2-5,13,15H,6-10H2,1H3,(H2,27,28,29,32). The molecule has 3 heterocycles. The summed E-state index contributed by atoms with van der Waals surface area (Å²) < 4.78 is 0. The van der Waals surface area contributed by atoms with E-state index in [4.69, 9.17) is 10.5 Å². The topological polar surface area (TPSA) is 139 Å². The summed E-state index contributed by atoms with van der Waals surface area (Å²) in [7, 11) is 0. The Morgan fingerprint density at radius 1 is 1.21 bits per heavy atom. The number of amides is 2. The highest BCUT2D eigenvalue weighted by Crippen LogP contribution is 2.31. The van der Waals surface area contributed by atoms with Crippen LogP contribution in [-0.2, 0) is 11.2 Å². The number of carbonyl (C=O) groups excluding carboxylic acids is 2. The number of nitrogens with zero attached hydrogens (tertiary/aromatic N) is 5. The molecule has 1 aliphatic heterocycles. The highest BCUT2D eigenvalue weighted by molar-refractivity contribution is 7.98. The van der Waals surface area contributed by atoms with E-state index in [0.29, 0.717) is 19.5 Å². The smallest absolute Gasteiger partial charge is 0.277 e. The molecule has 3 aromatic rings. The zero-order valence-corrected chi connectivity index (χ0v) is 20.0. The van der Waals surface area contributed by atoms with Crippen molar-refractivity contribution < 1.29 is 9.59 Å². The average molecular weight is 492 g/mol. The molecule has 1 aliphatic rings. The van der Waals surface area contributed by atoms with E-state index < -0.39 is 5.91 Å². The first-order valence-electron chi connectivity index (χ1n) is 10.6. The van der Waals surface area contributed by atoms with Crippen molar-refractivity contribution in [3.8, 4) is 12.1 Å². The number of H-pyrrole nitrogens is 1. The molecule has 4 rings (SSSR count). The second-order valence-corrected chi connectivity index (χ2v) is 9.51. The Morgan fingerprint density at radius 2 is 1.94 bits per heavy atom. The van der Waals surface area contributed by atoms with Crippen molar-refractivity contribution in [2.45, 2.75) is 30.1 Å². The molecule has 1 saturated heterocycles. The first-order valence-corrected chi connectivity index (χ1v) is 12.7. The maximum atomic E-state index is 12.7. The number of nitrogens with one attached hydrogen (secondary N) is 2. The third-order valence-corrected chi connectivity index (χ3v) is 7.37. The molecule has 0 aliphatic carbocycles. The molecule has 0 saturated carbocycles. The molecule has 2 aromatic heterocycles. The first kappa shape index (κ1) is 23.5. The number of nitriles is 2. The van der Waals surface area contributed by atoms with Crippen LogP contribution < -0.4 is 5.32 Å². The van der Waals surface area contributed by atoms with Crippen molar-refractivity contribution >= 4 is 40.9 Å². The number of hydrogen-bond acceptors (Lipinski definition) is 8. The van der Waals surface area contributed by atoms with Crippen LogP contribution in [0.2, 0.25) is 0 Å². The molecule has 0 unspecified atom stereocenters. The number of piperidine rings is 1. The van der Waals surface area contributed by atoms with Gasteiger partial charge >= 0.3 is 0 Å². The summed E-state index contributed by atoms with van der Waals surface area (Å²) in [5.74, 6) is -0.121. The van der Waals surface area contributed by atoms with Gasteiger partial charge in [-0.05, 0) is 36.8 Å². The summed E-state index contributed by atoms with van der Waals surface area (Å²) in [6.45, 7) is 1.32. The summed E-state index contributed by atoms with van der Waals surface area (Å²) in [4.78, 5) is 39.3. The Labute approximate surface area is 204 Å². The predicted octanol–water partition coefficient (Wildman–Crippen LogP) is 3.53. The molecule has 172 valence electrons. The molecule has 0 radical (unpaired) electrons. The van der Waals surface area contributed by atoms with E-state index in [-0.39, 0.29) is 34.9 Å². The van der Waals surface area contributed by atoms with Gasteiger partial charge in [-0.25, -0.2) is 9.97 Å². The van der Waals surface area contributed by atoms with Crippen molar-refractivity contribution in [3.63, 3.8) is 0 Å². The summed E-state index contributed by atoms with van der Waals surface area (Å²) in [6, 6.07) is 11.7. The zero-order chi connectivity index (χ0) is 24.1. The van der Waals surface area contributed by atoms with Gasteiger partial charge < -0.3 is 9.88 Å². The van der Waals surface area contributed by atoms with E-state index in [1.165, 1.54) is 16.2 Å². The number of hydrogen-bond donors (Lipinski definition) is 2. The fraction of sp³-hybridized carbons (Fsp3) is 0.304. The summed E-state index contributed by atoms with van der Waals surface area (Å²) >= 11 is 3.09. The van der Waals surface area contributed by atoms with Gasteiger partial charge in [0, 0.05) is 29.3 Å². The van der Waals surface area contributed by atoms with E-state index in [1.807, 2.05) is 41.5 Å². The molecule has 0 bridgehead atoms. The Morgan fingerprint density at radius 3 is 2.56 bits per heavy atom. The molecular weight excluding hydrogens is 470 g/mol. The number of carbonyl (C=O) groups is 2. The van der Waals surface area contributed by atoms with E-state index in [1.54, 1.807) is 23.2 Å². The number of aromatic amines is 1. The molecule has 34 heavy (non-hydrogen) atoms. The van der Waals surface area contributed by atoms with Crippen LogP contribution >= 0.6 is 23.1 Å². The second-order valence-electron chi connectivity index (χ2n) is 7.74. The molecule has 2 amide bonds. The quantitative estimate of drug-likeness (QED) is 0.503. The maximum absolute atomic E-state index is 12.7. The van der Waals surface area contributed by atoms with Crippen LogP contribution in [-0.4, -0.2) is 51.0 Å². The molecule has 11 heteroatoms. The third-order valence-electron chi connectivity index (χ3n) is 5.62.